The maximum Gasteiger partial charge on any atom is 0.312 e. The Hall–Kier alpha value is -1.56. The molecule has 1 heterocycles. The summed E-state index contributed by atoms with van der Waals surface area (Å²) in [5.41, 5.74) is 5.45. The van der Waals surface area contributed by atoms with E-state index in [-0.39, 0.29) is 12.1 Å². The molecule has 14 heavy (non-hydrogen) atoms. The zero-order valence-corrected chi connectivity index (χ0v) is 7.86. The standard InChI is InChI=1S/C8H13N3O3/c1-11-6(4-7(12)10-11)5(2-3-9)8(13)14/h4-5H,2-3,9H2,1H3,(H,10,12)(H,13,14). The molecular weight excluding hydrogens is 186 g/mol. The Morgan fingerprint density at radius 1 is 1.79 bits per heavy atom. The van der Waals surface area contributed by atoms with Crippen LogP contribution in [-0.2, 0) is 11.8 Å². The van der Waals surface area contributed by atoms with Gasteiger partial charge in [-0.15, -0.1) is 0 Å². The van der Waals surface area contributed by atoms with Crippen molar-refractivity contribution in [2.45, 2.75) is 12.3 Å². The largest absolute Gasteiger partial charge is 0.481 e. The van der Waals surface area contributed by atoms with Crippen LogP contribution in [0, 0.1) is 0 Å². The fourth-order valence-corrected chi connectivity index (χ4v) is 1.39. The number of carbonyl (C=O) groups is 1. The normalized spacial score (nSPS) is 12.7. The van der Waals surface area contributed by atoms with Crippen molar-refractivity contribution in [3.63, 3.8) is 0 Å². The second kappa shape index (κ2) is 4.10. The van der Waals surface area contributed by atoms with E-state index in [1.807, 2.05) is 0 Å². The molecule has 0 aliphatic carbocycles. The first-order valence-corrected chi connectivity index (χ1v) is 4.25. The van der Waals surface area contributed by atoms with Gasteiger partial charge in [0.05, 0.1) is 11.6 Å². The number of rotatable bonds is 4. The average molecular weight is 199 g/mol. The van der Waals surface area contributed by atoms with E-state index in [4.69, 9.17) is 10.8 Å². The molecule has 0 aromatic carbocycles. The van der Waals surface area contributed by atoms with Crippen molar-refractivity contribution in [2.75, 3.05) is 6.54 Å². The minimum absolute atomic E-state index is 0.274. The van der Waals surface area contributed by atoms with Gasteiger partial charge in [-0.25, -0.2) is 0 Å². The van der Waals surface area contributed by atoms with Crippen molar-refractivity contribution in [1.82, 2.24) is 9.78 Å². The van der Waals surface area contributed by atoms with E-state index in [0.717, 1.165) is 0 Å². The molecule has 0 amide bonds. The van der Waals surface area contributed by atoms with Gasteiger partial charge in [-0.1, -0.05) is 0 Å². The molecule has 78 valence electrons. The van der Waals surface area contributed by atoms with E-state index in [1.54, 1.807) is 7.05 Å². The summed E-state index contributed by atoms with van der Waals surface area (Å²) in [7, 11) is 1.60. The fourth-order valence-electron chi connectivity index (χ4n) is 1.39. The molecule has 1 atom stereocenters. The predicted molar refractivity (Wildman–Crippen MR) is 50.1 cm³/mol. The molecule has 6 heteroatoms. The van der Waals surface area contributed by atoms with Crippen molar-refractivity contribution in [3.05, 3.63) is 22.1 Å². The number of nitrogens with one attached hydrogen (secondary N) is 1. The van der Waals surface area contributed by atoms with Gasteiger partial charge in [0.15, 0.2) is 0 Å². The summed E-state index contributed by atoms with van der Waals surface area (Å²) >= 11 is 0. The van der Waals surface area contributed by atoms with E-state index in [1.165, 1.54) is 10.7 Å². The Labute approximate surface area is 80.3 Å². The third-order valence-corrected chi connectivity index (χ3v) is 2.05. The molecule has 6 nitrogen and oxygen atoms in total. The highest BCUT2D eigenvalue weighted by molar-refractivity contribution is 5.75. The number of aromatic nitrogens is 2. The third kappa shape index (κ3) is 2.02. The zero-order chi connectivity index (χ0) is 10.7. The molecule has 0 saturated carbocycles. The van der Waals surface area contributed by atoms with Crippen molar-refractivity contribution in [1.29, 1.82) is 0 Å². The number of aryl methyl sites for hydroxylation is 1. The van der Waals surface area contributed by atoms with Gasteiger partial charge in [0.2, 0.25) is 0 Å². The minimum Gasteiger partial charge on any atom is -0.481 e. The number of hydrogen-bond acceptors (Lipinski definition) is 3. The van der Waals surface area contributed by atoms with Gasteiger partial charge in [-0.05, 0) is 13.0 Å². The van der Waals surface area contributed by atoms with E-state index in [9.17, 15) is 9.59 Å². The van der Waals surface area contributed by atoms with Crippen LogP contribution in [0.15, 0.2) is 10.9 Å². The lowest BCUT2D eigenvalue weighted by atomic mass is 10.0. The topological polar surface area (TPSA) is 101 Å². The molecule has 4 N–H and O–H groups in total. The monoisotopic (exact) mass is 199 g/mol. The Kier molecular flexibility index (Phi) is 3.08. The molecule has 1 aromatic rings. The second-order valence-electron chi connectivity index (χ2n) is 3.07. The first-order valence-electron chi connectivity index (χ1n) is 4.25. The van der Waals surface area contributed by atoms with E-state index in [0.29, 0.717) is 12.1 Å². The number of nitrogens with two attached hydrogens (primary N) is 1. The van der Waals surface area contributed by atoms with Gasteiger partial charge >= 0.3 is 5.97 Å². The first kappa shape index (κ1) is 10.5. The SMILES string of the molecule is Cn1[nH]c(=O)cc1C(CCN)C(=O)O. The molecular formula is C8H13N3O3. The molecule has 0 fully saturated rings. The van der Waals surface area contributed by atoms with Gasteiger partial charge in [0.1, 0.15) is 0 Å². The maximum absolute atomic E-state index is 10.9. The number of nitrogens with zero attached hydrogens (tertiary/aromatic N) is 1. The molecule has 0 spiro atoms. The van der Waals surface area contributed by atoms with Crippen LogP contribution < -0.4 is 11.3 Å². The Morgan fingerprint density at radius 3 is 2.79 bits per heavy atom. The van der Waals surface area contributed by atoms with Crippen LogP contribution in [0.1, 0.15) is 18.0 Å². The van der Waals surface area contributed by atoms with Gasteiger partial charge in [0.25, 0.3) is 5.56 Å². The predicted octanol–water partition coefficient (Wildman–Crippen LogP) is -0.770. The summed E-state index contributed by atoms with van der Waals surface area (Å²) in [6.07, 6.45) is 0.320. The van der Waals surface area contributed by atoms with Gasteiger partial charge in [-0.2, -0.15) is 0 Å². The smallest absolute Gasteiger partial charge is 0.312 e. The number of carboxylic acids is 1. The molecule has 0 aliphatic rings. The van der Waals surface area contributed by atoms with Crippen LogP contribution in [0.25, 0.3) is 0 Å². The van der Waals surface area contributed by atoms with E-state index in [2.05, 4.69) is 5.10 Å². The molecule has 1 rings (SSSR count). The van der Waals surface area contributed by atoms with E-state index >= 15 is 0 Å². The van der Waals surface area contributed by atoms with Gasteiger partial charge in [0, 0.05) is 13.1 Å². The summed E-state index contributed by atoms with van der Waals surface area (Å²) < 4.78 is 1.41. The second-order valence-corrected chi connectivity index (χ2v) is 3.07. The molecule has 0 bridgehead atoms. The van der Waals surface area contributed by atoms with Crippen LogP contribution in [0.3, 0.4) is 0 Å². The quantitative estimate of drug-likeness (QED) is 0.592. The fraction of sp³-hybridized carbons (Fsp3) is 0.500. The lowest BCUT2D eigenvalue weighted by Gasteiger charge is -2.10. The number of carboxylic acid groups (broad SMARTS) is 1. The Bertz CT molecular complexity index is 379. The molecule has 1 aromatic heterocycles. The maximum atomic E-state index is 10.9. The van der Waals surface area contributed by atoms with Crippen LogP contribution >= 0.6 is 0 Å². The third-order valence-electron chi connectivity index (χ3n) is 2.05. The summed E-state index contributed by atoms with van der Waals surface area (Å²) in [6, 6.07) is 1.29. The summed E-state index contributed by atoms with van der Waals surface area (Å²) in [5.74, 6) is -1.69. The highest BCUT2D eigenvalue weighted by Crippen LogP contribution is 2.16. The summed E-state index contributed by atoms with van der Waals surface area (Å²) in [5, 5.41) is 11.4. The van der Waals surface area contributed by atoms with Gasteiger partial charge in [-0.3, -0.25) is 19.4 Å². The number of H-pyrrole nitrogens is 1. The number of aromatic amines is 1. The highest BCUT2D eigenvalue weighted by atomic mass is 16.4. The van der Waals surface area contributed by atoms with Crippen LogP contribution in [-0.4, -0.2) is 27.4 Å². The van der Waals surface area contributed by atoms with Crippen molar-refractivity contribution < 1.29 is 9.90 Å². The van der Waals surface area contributed by atoms with Crippen LogP contribution in [0.2, 0.25) is 0 Å². The van der Waals surface area contributed by atoms with Gasteiger partial charge < -0.3 is 10.8 Å². The van der Waals surface area contributed by atoms with Crippen molar-refractivity contribution in [2.24, 2.45) is 12.8 Å². The minimum atomic E-state index is -0.968. The summed E-state index contributed by atoms with van der Waals surface area (Å²) in [6.45, 7) is 0.274. The lowest BCUT2D eigenvalue weighted by Crippen LogP contribution is -2.18. The molecule has 1 unspecified atom stereocenters. The van der Waals surface area contributed by atoms with Crippen LogP contribution in [0.5, 0.6) is 0 Å². The van der Waals surface area contributed by atoms with Crippen molar-refractivity contribution >= 4 is 5.97 Å². The number of aliphatic carboxylic acids is 1. The molecule has 0 aliphatic heterocycles. The average Bonchev–Trinajstić information content (AvgIpc) is 2.40. The first-order chi connectivity index (χ1) is 6.56. The van der Waals surface area contributed by atoms with Crippen LogP contribution in [0.4, 0.5) is 0 Å². The summed E-state index contributed by atoms with van der Waals surface area (Å²) in [4.78, 5) is 21.8. The Balaban J connectivity index is 3.04. The highest BCUT2D eigenvalue weighted by Gasteiger charge is 2.22. The van der Waals surface area contributed by atoms with Crippen molar-refractivity contribution in [3.8, 4) is 0 Å². The van der Waals surface area contributed by atoms with E-state index < -0.39 is 11.9 Å². The lowest BCUT2D eigenvalue weighted by molar-refractivity contribution is -0.139. The zero-order valence-electron chi connectivity index (χ0n) is 7.86. The Morgan fingerprint density at radius 2 is 2.43 bits per heavy atom. The molecule has 0 saturated heterocycles. The molecule has 0 radical (unpaired) electrons. The number of hydrogen-bond donors (Lipinski definition) is 3.